The van der Waals surface area contributed by atoms with E-state index in [-0.39, 0.29) is 6.10 Å². The van der Waals surface area contributed by atoms with Crippen LogP contribution in [0.3, 0.4) is 0 Å². The molecule has 1 atom stereocenters. The van der Waals surface area contributed by atoms with E-state index in [4.69, 9.17) is 4.74 Å². The molecule has 3 rings (SSSR count). The second-order valence-corrected chi connectivity index (χ2v) is 7.91. The van der Waals surface area contributed by atoms with E-state index < -0.39 is 0 Å². The molecular weight excluding hydrogens is 378 g/mol. The highest BCUT2D eigenvalue weighted by molar-refractivity contribution is 9.11. The van der Waals surface area contributed by atoms with Gasteiger partial charge in [0.2, 0.25) is 0 Å². The molecule has 1 aliphatic rings. The van der Waals surface area contributed by atoms with Gasteiger partial charge in [-0.2, -0.15) is 5.10 Å². The van der Waals surface area contributed by atoms with E-state index in [2.05, 4.69) is 48.4 Å². The zero-order valence-electron chi connectivity index (χ0n) is 13.2. The third-order valence-corrected chi connectivity index (χ3v) is 5.35. The Hall–Kier alpha value is -1.38. The Morgan fingerprint density at radius 2 is 2.43 bits per heavy atom. The van der Waals surface area contributed by atoms with Crippen LogP contribution in [0.4, 0.5) is 0 Å². The van der Waals surface area contributed by atoms with Crippen molar-refractivity contribution in [1.29, 1.82) is 0 Å². The van der Waals surface area contributed by atoms with Gasteiger partial charge >= 0.3 is 0 Å². The van der Waals surface area contributed by atoms with E-state index in [1.54, 1.807) is 16.0 Å². The second kappa shape index (κ2) is 7.46. The molecular formula is C15H20BrN5OS. The summed E-state index contributed by atoms with van der Waals surface area (Å²) in [6.07, 6.45) is 3.91. The number of nitrogens with one attached hydrogen (secondary N) is 1. The van der Waals surface area contributed by atoms with Crippen LogP contribution in [-0.4, -0.2) is 47.4 Å². The number of halogens is 1. The Bertz CT molecular complexity index is 683. The number of hydrogen-bond donors (Lipinski definition) is 1. The maximum atomic E-state index is 5.89. The van der Waals surface area contributed by atoms with Crippen LogP contribution in [0, 0.1) is 0 Å². The number of ether oxygens (including phenoxy) is 1. The molecule has 6 nitrogen and oxygen atoms in total. The molecule has 0 saturated carbocycles. The van der Waals surface area contributed by atoms with Gasteiger partial charge in [-0.05, 0) is 28.1 Å². The molecule has 0 spiro atoms. The molecule has 3 heterocycles. The third-order valence-electron chi connectivity index (χ3n) is 3.72. The van der Waals surface area contributed by atoms with Crippen LogP contribution in [0.5, 0.6) is 0 Å². The minimum atomic E-state index is 0.0342. The monoisotopic (exact) mass is 397 g/mol. The molecule has 0 amide bonds. The summed E-state index contributed by atoms with van der Waals surface area (Å²) in [5.41, 5.74) is 1.11. The van der Waals surface area contributed by atoms with Crippen LogP contribution >= 0.6 is 27.3 Å². The summed E-state index contributed by atoms with van der Waals surface area (Å²) in [6, 6.07) is 4.18. The predicted molar refractivity (Wildman–Crippen MR) is 95.7 cm³/mol. The molecule has 0 bridgehead atoms. The van der Waals surface area contributed by atoms with Gasteiger partial charge in [-0.1, -0.05) is 0 Å². The highest BCUT2D eigenvalue weighted by Gasteiger charge is 2.25. The Labute approximate surface area is 148 Å². The Morgan fingerprint density at radius 3 is 3.09 bits per heavy atom. The topological polar surface area (TPSA) is 54.7 Å². The molecule has 23 heavy (non-hydrogen) atoms. The van der Waals surface area contributed by atoms with Crippen LogP contribution in [0.15, 0.2) is 33.3 Å². The summed E-state index contributed by atoms with van der Waals surface area (Å²) in [5, 5.41) is 7.66. The van der Waals surface area contributed by atoms with E-state index >= 15 is 0 Å². The largest absolute Gasteiger partial charge is 0.370 e. The quantitative estimate of drug-likeness (QED) is 0.637. The average molecular weight is 398 g/mol. The maximum absolute atomic E-state index is 5.89. The Balaban J connectivity index is 1.61. The number of guanidine groups is 1. The van der Waals surface area contributed by atoms with E-state index in [1.165, 1.54) is 4.88 Å². The van der Waals surface area contributed by atoms with Crippen molar-refractivity contribution in [3.63, 3.8) is 0 Å². The molecule has 1 aliphatic heterocycles. The van der Waals surface area contributed by atoms with Crippen molar-refractivity contribution >= 4 is 33.2 Å². The highest BCUT2D eigenvalue weighted by atomic mass is 79.9. The summed E-state index contributed by atoms with van der Waals surface area (Å²) in [7, 11) is 3.74. The summed E-state index contributed by atoms with van der Waals surface area (Å²) in [5.74, 6) is 0.909. The van der Waals surface area contributed by atoms with Gasteiger partial charge in [0.25, 0.3) is 0 Å². The fraction of sp³-hybridized carbons (Fsp3) is 0.467. The number of thiophene rings is 1. The molecule has 0 aromatic carbocycles. The highest BCUT2D eigenvalue weighted by Crippen LogP contribution is 2.23. The zero-order valence-corrected chi connectivity index (χ0v) is 15.6. The van der Waals surface area contributed by atoms with Gasteiger partial charge in [-0.25, -0.2) is 0 Å². The lowest BCUT2D eigenvalue weighted by Crippen LogP contribution is -2.47. The van der Waals surface area contributed by atoms with Gasteiger partial charge < -0.3 is 15.0 Å². The molecule has 0 aliphatic carbocycles. The van der Waals surface area contributed by atoms with Gasteiger partial charge in [0.1, 0.15) is 6.10 Å². The number of hydrogen-bond acceptors (Lipinski definition) is 4. The lowest BCUT2D eigenvalue weighted by atomic mass is 10.1. The normalized spacial score (nSPS) is 19.2. The lowest BCUT2D eigenvalue weighted by molar-refractivity contribution is -0.00804. The van der Waals surface area contributed by atoms with Gasteiger partial charge in [0.05, 0.1) is 29.7 Å². The van der Waals surface area contributed by atoms with E-state index in [1.807, 2.05) is 26.5 Å². The minimum absolute atomic E-state index is 0.0342. The zero-order chi connectivity index (χ0) is 16.2. The summed E-state index contributed by atoms with van der Waals surface area (Å²) in [4.78, 5) is 7.93. The standard InChI is InChI=1S/C15H20BrN5OS/c1-17-15(18-8-12-3-4-14(16)23-12)21-5-6-22-13(10-21)11-7-19-20(2)9-11/h3-4,7,9,13H,5-6,8,10H2,1-2H3,(H,17,18). The summed E-state index contributed by atoms with van der Waals surface area (Å²) >= 11 is 5.23. The molecule has 1 N–H and O–H groups in total. The van der Waals surface area contributed by atoms with Gasteiger partial charge in [-0.3, -0.25) is 9.67 Å². The average Bonchev–Trinajstić information content (AvgIpc) is 3.17. The van der Waals surface area contributed by atoms with Crippen LogP contribution in [-0.2, 0) is 18.3 Å². The van der Waals surface area contributed by atoms with Crippen LogP contribution in [0.25, 0.3) is 0 Å². The molecule has 1 fully saturated rings. The molecule has 2 aromatic heterocycles. The first kappa shape index (κ1) is 16.5. The SMILES string of the molecule is CN=C(NCc1ccc(Br)s1)N1CCOC(c2cnn(C)c2)C1. The molecule has 8 heteroatoms. The van der Waals surface area contributed by atoms with Crippen molar-refractivity contribution in [2.45, 2.75) is 12.6 Å². The first-order valence-corrected chi connectivity index (χ1v) is 9.06. The van der Waals surface area contributed by atoms with Gasteiger partial charge in [0, 0.05) is 37.3 Å². The predicted octanol–water partition coefficient (Wildman–Crippen LogP) is 2.39. The Kier molecular flexibility index (Phi) is 5.34. The summed E-state index contributed by atoms with van der Waals surface area (Å²) < 4.78 is 8.84. The van der Waals surface area contributed by atoms with Crippen molar-refractivity contribution in [2.24, 2.45) is 12.0 Å². The van der Waals surface area contributed by atoms with Crippen molar-refractivity contribution in [3.8, 4) is 0 Å². The first-order valence-electron chi connectivity index (χ1n) is 7.45. The lowest BCUT2D eigenvalue weighted by Gasteiger charge is -2.34. The third kappa shape index (κ3) is 4.13. The smallest absolute Gasteiger partial charge is 0.194 e. The number of nitrogens with zero attached hydrogens (tertiary/aromatic N) is 4. The van der Waals surface area contributed by atoms with E-state index in [0.717, 1.165) is 34.9 Å². The fourth-order valence-corrected chi connectivity index (χ4v) is 4.02. The molecule has 1 unspecified atom stereocenters. The number of rotatable bonds is 3. The number of aromatic nitrogens is 2. The first-order chi connectivity index (χ1) is 11.2. The Morgan fingerprint density at radius 1 is 1.57 bits per heavy atom. The van der Waals surface area contributed by atoms with Crippen LogP contribution < -0.4 is 5.32 Å². The van der Waals surface area contributed by atoms with Crippen molar-refractivity contribution in [3.05, 3.63) is 38.8 Å². The van der Waals surface area contributed by atoms with E-state index in [9.17, 15) is 0 Å². The fourth-order valence-electron chi connectivity index (χ4n) is 2.59. The number of aliphatic imine (C=N–C) groups is 1. The van der Waals surface area contributed by atoms with Gasteiger partial charge in [0.15, 0.2) is 5.96 Å². The van der Waals surface area contributed by atoms with Crippen molar-refractivity contribution in [1.82, 2.24) is 20.0 Å². The van der Waals surface area contributed by atoms with Crippen molar-refractivity contribution in [2.75, 3.05) is 26.7 Å². The van der Waals surface area contributed by atoms with Crippen LogP contribution in [0.2, 0.25) is 0 Å². The molecule has 1 saturated heterocycles. The maximum Gasteiger partial charge on any atom is 0.194 e. The van der Waals surface area contributed by atoms with E-state index in [0.29, 0.717) is 6.61 Å². The van der Waals surface area contributed by atoms with Gasteiger partial charge in [-0.15, -0.1) is 11.3 Å². The number of aryl methyl sites for hydroxylation is 1. The van der Waals surface area contributed by atoms with Crippen molar-refractivity contribution < 1.29 is 4.74 Å². The minimum Gasteiger partial charge on any atom is -0.370 e. The number of morpholine rings is 1. The second-order valence-electron chi connectivity index (χ2n) is 5.36. The van der Waals surface area contributed by atoms with Crippen LogP contribution in [0.1, 0.15) is 16.5 Å². The molecule has 124 valence electrons. The molecule has 2 aromatic rings. The molecule has 0 radical (unpaired) electrons. The summed E-state index contributed by atoms with van der Waals surface area (Å²) in [6.45, 7) is 3.08.